The number of aromatic hydroxyl groups is 1. The van der Waals surface area contributed by atoms with Gasteiger partial charge in [-0.3, -0.25) is 4.79 Å². The van der Waals surface area contributed by atoms with Crippen molar-refractivity contribution < 1.29 is 14.6 Å². The van der Waals surface area contributed by atoms with E-state index in [-0.39, 0.29) is 11.7 Å². The van der Waals surface area contributed by atoms with Gasteiger partial charge in [-0.15, -0.1) is 0 Å². The van der Waals surface area contributed by atoms with Crippen molar-refractivity contribution in [3.8, 4) is 11.5 Å². The molecule has 2 aromatic rings. The zero-order chi connectivity index (χ0) is 17.5. The number of phenols is 1. The Morgan fingerprint density at radius 1 is 1.29 bits per heavy atom. The molecule has 0 atom stereocenters. The molecule has 0 aliphatic heterocycles. The predicted molar refractivity (Wildman–Crippen MR) is 97.0 cm³/mol. The average molecular weight is 326 g/mol. The van der Waals surface area contributed by atoms with Gasteiger partial charge in [0.15, 0.2) is 0 Å². The van der Waals surface area contributed by atoms with Crippen LogP contribution in [0.2, 0.25) is 0 Å². The lowest BCUT2D eigenvalue weighted by Gasteiger charge is -2.11. The second-order valence-corrected chi connectivity index (χ2v) is 5.88. The van der Waals surface area contributed by atoms with E-state index in [1.807, 2.05) is 6.07 Å². The molecule has 0 saturated heterocycles. The van der Waals surface area contributed by atoms with E-state index in [9.17, 15) is 9.90 Å². The fourth-order valence-electron chi connectivity index (χ4n) is 2.00. The molecule has 2 rings (SSSR count). The number of benzene rings is 2. The van der Waals surface area contributed by atoms with Gasteiger partial charge in [-0.1, -0.05) is 26.0 Å². The first-order valence-electron chi connectivity index (χ1n) is 7.74. The van der Waals surface area contributed by atoms with E-state index in [4.69, 9.17) is 10.5 Å². The van der Waals surface area contributed by atoms with Crippen LogP contribution in [-0.2, 0) is 4.79 Å². The first-order chi connectivity index (χ1) is 11.4. The number of phenolic OH excluding ortho intramolecular Hbond substituents is 1. The van der Waals surface area contributed by atoms with Gasteiger partial charge in [0.05, 0.1) is 12.3 Å². The summed E-state index contributed by atoms with van der Waals surface area (Å²) in [5.74, 6) is 0.871. The lowest BCUT2D eigenvalue weighted by Crippen LogP contribution is -2.07. The zero-order valence-electron chi connectivity index (χ0n) is 13.8. The lowest BCUT2D eigenvalue weighted by molar-refractivity contribution is -0.111. The van der Waals surface area contributed by atoms with Gasteiger partial charge in [-0.25, -0.2) is 0 Å². The highest BCUT2D eigenvalue weighted by Crippen LogP contribution is 2.23. The summed E-state index contributed by atoms with van der Waals surface area (Å²) in [5, 5.41) is 12.0. The molecule has 4 N–H and O–H groups in total. The van der Waals surface area contributed by atoms with Crippen molar-refractivity contribution >= 4 is 23.4 Å². The van der Waals surface area contributed by atoms with Crippen LogP contribution in [0.1, 0.15) is 19.4 Å². The van der Waals surface area contributed by atoms with E-state index in [0.29, 0.717) is 29.6 Å². The summed E-state index contributed by atoms with van der Waals surface area (Å²) in [5.41, 5.74) is 7.83. The quantitative estimate of drug-likeness (QED) is 0.558. The summed E-state index contributed by atoms with van der Waals surface area (Å²) in [6.07, 6.45) is 3.08. The van der Waals surface area contributed by atoms with E-state index in [1.54, 1.807) is 30.3 Å². The number of hydrogen-bond donors (Lipinski definition) is 3. The summed E-state index contributed by atoms with van der Waals surface area (Å²) in [7, 11) is 0. The minimum atomic E-state index is -0.292. The fraction of sp³-hybridized carbons (Fsp3) is 0.211. The van der Waals surface area contributed by atoms with E-state index in [1.165, 1.54) is 18.2 Å². The van der Waals surface area contributed by atoms with Gasteiger partial charge in [0, 0.05) is 17.8 Å². The highest BCUT2D eigenvalue weighted by molar-refractivity contribution is 6.02. The highest BCUT2D eigenvalue weighted by Gasteiger charge is 2.03. The summed E-state index contributed by atoms with van der Waals surface area (Å²) >= 11 is 0. The molecule has 0 spiro atoms. The van der Waals surface area contributed by atoms with Crippen LogP contribution in [0.15, 0.2) is 48.5 Å². The van der Waals surface area contributed by atoms with Crippen LogP contribution >= 0.6 is 0 Å². The number of nitrogens with one attached hydrogen (secondary N) is 1. The van der Waals surface area contributed by atoms with Crippen molar-refractivity contribution in [3.63, 3.8) is 0 Å². The van der Waals surface area contributed by atoms with Gasteiger partial charge in [0.2, 0.25) is 5.91 Å². The number of ether oxygens (including phenoxy) is 1. The molecule has 5 nitrogen and oxygen atoms in total. The molecule has 1 amide bonds. The fourth-order valence-corrected chi connectivity index (χ4v) is 2.00. The number of anilines is 2. The van der Waals surface area contributed by atoms with Crippen LogP contribution in [0.25, 0.3) is 6.08 Å². The SMILES string of the molecule is CC(C)COc1ccc(/C=C\C(=O)Nc2cccc(O)c2)cc1N. The van der Waals surface area contributed by atoms with Crippen molar-refractivity contribution in [2.45, 2.75) is 13.8 Å². The van der Waals surface area contributed by atoms with Crippen molar-refractivity contribution in [1.29, 1.82) is 0 Å². The normalized spacial score (nSPS) is 11.0. The van der Waals surface area contributed by atoms with Crippen LogP contribution in [0.4, 0.5) is 11.4 Å². The van der Waals surface area contributed by atoms with Gasteiger partial charge < -0.3 is 20.9 Å². The number of amides is 1. The Morgan fingerprint density at radius 2 is 2.08 bits per heavy atom. The molecule has 0 unspecified atom stereocenters. The third-order valence-corrected chi connectivity index (χ3v) is 3.15. The molecular weight excluding hydrogens is 304 g/mol. The Morgan fingerprint density at radius 3 is 2.75 bits per heavy atom. The van der Waals surface area contributed by atoms with E-state index in [0.717, 1.165) is 5.56 Å². The third kappa shape index (κ3) is 5.35. The molecule has 0 saturated carbocycles. The Hall–Kier alpha value is -2.95. The minimum Gasteiger partial charge on any atom is -0.508 e. The first kappa shape index (κ1) is 17.4. The molecule has 126 valence electrons. The molecular formula is C19H22N2O3. The molecule has 0 bridgehead atoms. The predicted octanol–water partition coefficient (Wildman–Crippen LogP) is 3.66. The molecule has 5 heteroatoms. The highest BCUT2D eigenvalue weighted by atomic mass is 16.5. The molecule has 2 aromatic carbocycles. The standard InChI is InChI=1S/C19H22N2O3/c1-13(2)12-24-18-8-6-14(10-17(18)20)7-9-19(23)21-15-4-3-5-16(22)11-15/h3-11,13,22H,12,20H2,1-2H3,(H,21,23)/b9-7-. The molecule has 24 heavy (non-hydrogen) atoms. The minimum absolute atomic E-state index is 0.0986. The maximum atomic E-state index is 11.9. The van der Waals surface area contributed by atoms with Crippen LogP contribution in [0.5, 0.6) is 11.5 Å². The third-order valence-electron chi connectivity index (χ3n) is 3.15. The number of hydrogen-bond acceptors (Lipinski definition) is 4. The van der Waals surface area contributed by atoms with Crippen LogP contribution < -0.4 is 15.8 Å². The summed E-state index contributed by atoms with van der Waals surface area (Å²) < 4.78 is 5.62. The molecule has 0 radical (unpaired) electrons. The lowest BCUT2D eigenvalue weighted by atomic mass is 10.1. The smallest absolute Gasteiger partial charge is 0.248 e. The number of nitrogens with two attached hydrogens (primary N) is 1. The number of nitrogen functional groups attached to an aromatic ring is 1. The number of rotatable bonds is 6. The van der Waals surface area contributed by atoms with E-state index < -0.39 is 0 Å². The maximum Gasteiger partial charge on any atom is 0.248 e. The van der Waals surface area contributed by atoms with Gasteiger partial charge >= 0.3 is 0 Å². The van der Waals surface area contributed by atoms with Gasteiger partial charge in [-0.2, -0.15) is 0 Å². The number of carbonyl (C=O) groups excluding carboxylic acids is 1. The Labute approximate surface area is 141 Å². The van der Waals surface area contributed by atoms with E-state index in [2.05, 4.69) is 19.2 Å². The second kappa shape index (κ2) is 8.06. The van der Waals surface area contributed by atoms with Gasteiger partial charge in [0.1, 0.15) is 11.5 Å². The summed E-state index contributed by atoms with van der Waals surface area (Å²) in [6.45, 7) is 4.74. The summed E-state index contributed by atoms with van der Waals surface area (Å²) in [4.78, 5) is 11.9. The van der Waals surface area contributed by atoms with Crippen LogP contribution in [0, 0.1) is 5.92 Å². The topological polar surface area (TPSA) is 84.6 Å². The van der Waals surface area contributed by atoms with Crippen molar-refractivity contribution in [3.05, 3.63) is 54.1 Å². The molecule has 0 heterocycles. The monoisotopic (exact) mass is 326 g/mol. The van der Waals surface area contributed by atoms with E-state index >= 15 is 0 Å². The van der Waals surface area contributed by atoms with Crippen molar-refractivity contribution in [2.24, 2.45) is 5.92 Å². The zero-order valence-corrected chi connectivity index (χ0v) is 13.8. The van der Waals surface area contributed by atoms with Gasteiger partial charge in [0.25, 0.3) is 0 Å². The van der Waals surface area contributed by atoms with Crippen LogP contribution in [-0.4, -0.2) is 17.6 Å². The Kier molecular flexibility index (Phi) is 5.84. The molecule has 0 aromatic heterocycles. The largest absolute Gasteiger partial charge is 0.508 e. The number of carbonyl (C=O) groups is 1. The molecule has 0 fully saturated rings. The Balaban J connectivity index is 1.98. The summed E-state index contributed by atoms with van der Waals surface area (Å²) in [6, 6.07) is 11.8. The van der Waals surface area contributed by atoms with Gasteiger partial charge in [-0.05, 0) is 41.8 Å². The van der Waals surface area contributed by atoms with Crippen LogP contribution in [0.3, 0.4) is 0 Å². The molecule has 0 aliphatic rings. The van der Waals surface area contributed by atoms with Crippen molar-refractivity contribution in [2.75, 3.05) is 17.7 Å². The molecule has 0 aliphatic carbocycles. The van der Waals surface area contributed by atoms with Crippen molar-refractivity contribution in [1.82, 2.24) is 0 Å². The second-order valence-electron chi connectivity index (χ2n) is 5.88. The Bertz CT molecular complexity index is 739. The average Bonchev–Trinajstić information content (AvgIpc) is 2.52. The first-order valence-corrected chi connectivity index (χ1v) is 7.74. The maximum absolute atomic E-state index is 11.9.